The third-order valence-corrected chi connectivity index (χ3v) is 4.08. The molecule has 1 heterocycles. The van der Waals surface area contributed by atoms with Crippen LogP contribution in [-0.2, 0) is 0 Å². The first-order valence-corrected chi connectivity index (χ1v) is 7.19. The zero-order valence-electron chi connectivity index (χ0n) is 10.6. The number of carbonyl (C=O) groups is 1. The van der Waals surface area contributed by atoms with Crippen molar-refractivity contribution < 1.29 is 9.90 Å². The molecule has 0 spiro atoms. The van der Waals surface area contributed by atoms with Gasteiger partial charge in [0.25, 0.3) is 0 Å². The van der Waals surface area contributed by atoms with E-state index in [-0.39, 0.29) is 5.56 Å². The van der Waals surface area contributed by atoms with Crippen molar-refractivity contribution in [3.8, 4) is 0 Å². The number of aromatic carboxylic acids is 1. The number of anilines is 3. The number of fused-ring (bicyclic) bond motifs is 1. The number of para-hydroxylation sites is 1. The lowest BCUT2D eigenvalue weighted by atomic mass is 10.1. The fourth-order valence-electron chi connectivity index (χ4n) is 1.95. The summed E-state index contributed by atoms with van der Waals surface area (Å²) in [5.74, 6) is -1.05. The number of hydrogen-bond donors (Lipinski definition) is 3. The molecule has 0 saturated carbocycles. The van der Waals surface area contributed by atoms with Gasteiger partial charge in [-0.25, -0.2) is 9.78 Å². The van der Waals surface area contributed by atoms with Crippen LogP contribution in [0.4, 0.5) is 16.5 Å². The minimum Gasteiger partial charge on any atom is -0.478 e. The molecule has 106 valence electrons. The summed E-state index contributed by atoms with van der Waals surface area (Å²) in [7, 11) is 0. The highest BCUT2D eigenvalue weighted by atomic mass is 35.5. The van der Waals surface area contributed by atoms with Crippen molar-refractivity contribution in [3.05, 3.63) is 47.0 Å². The van der Waals surface area contributed by atoms with Crippen LogP contribution in [-0.4, -0.2) is 16.1 Å². The number of nitrogens with two attached hydrogens (primary N) is 1. The maximum atomic E-state index is 11.3. The Hall–Kier alpha value is -2.31. The number of carboxylic acid groups (broad SMARTS) is 1. The molecule has 0 aliphatic carbocycles. The molecule has 3 rings (SSSR count). The summed E-state index contributed by atoms with van der Waals surface area (Å²) in [5, 5.41) is 13.4. The number of nitrogens with one attached hydrogen (secondary N) is 1. The summed E-state index contributed by atoms with van der Waals surface area (Å²) in [5.41, 5.74) is 7.45. The lowest BCUT2D eigenvalue weighted by Gasteiger charge is -2.09. The maximum Gasteiger partial charge on any atom is 0.337 e. The highest BCUT2D eigenvalue weighted by Crippen LogP contribution is 2.33. The third-order valence-electron chi connectivity index (χ3n) is 2.91. The minimum absolute atomic E-state index is 0.104. The van der Waals surface area contributed by atoms with Gasteiger partial charge in [0.2, 0.25) is 0 Å². The molecule has 0 aliphatic rings. The largest absolute Gasteiger partial charge is 0.478 e. The molecule has 0 aliphatic heterocycles. The highest BCUT2D eigenvalue weighted by Gasteiger charge is 2.14. The summed E-state index contributed by atoms with van der Waals surface area (Å²) < 4.78 is 0.913. The van der Waals surface area contributed by atoms with E-state index in [1.165, 1.54) is 17.4 Å². The molecule has 0 atom stereocenters. The molecule has 2 aromatic carbocycles. The fourth-order valence-corrected chi connectivity index (χ4v) is 3.09. The second kappa shape index (κ2) is 5.23. The van der Waals surface area contributed by atoms with Crippen molar-refractivity contribution in [2.45, 2.75) is 0 Å². The number of hydrogen-bond acceptors (Lipinski definition) is 5. The number of thiazole rings is 1. The molecular formula is C14H10ClN3O2S. The minimum atomic E-state index is -1.05. The van der Waals surface area contributed by atoms with Gasteiger partial charge in [-0.15, -0.1) is 0 Å². The molecule has 0 amide bonds. The Labute approximate surface area is 129 Å². The van der Waals surface area contributed by atoms with E-state index < -0.39 is 5.97 Å². The van der Waals surface area contributed by atoms with E-state index in [4.69, 9.17) is 17.3 Å². The smallest absolute Gasteiger partial charge is 0.337 e. The second-order valence-corrected chi connectivity index (χ2v) is 5.80. The van der Waals surface area contributed by atoms with Crippen LogP contribution in [0.25, 0.3) is 10.2 Å². The van der Waals surface area contributed by atoms with E-state index in [0.29, 0.717) is 21.5 Å². The SMILES string of the molecule is Nc1cccc(C(=O)O)c1Nc1nc2ccc(Cl)cc2s1. The molecule has 0 bridgehead atoms. The van der Waals surface area contributed by atoms with Gasteiger partial charge >= 0.3 is 5.97 Å². The Morgan fingerprint density at radius 1 is 1.33 bits per heavy atom. The Kier molecular flexibility index (Phi) is 3.40. The Morgan fingerprint density at radius 3 is 2.90 bits per heavy atom. The third kappa shape index (κ3) is 2.63. The van der Waals surface area contributed by atoms with Gasteiger partial charge in [0.05, 0.1) is 27.2 Å². The average Bonchev–Trinajstić information content (AvgIpc) is 2.82. The summed E-state index contributed by atoms with van der Waals surface area (Å²) in [6, 6.07) is 10.1. The van der Waals surface area contributed by atoms with Crippen molar-refractivity contribution in [2.24, 2.45) is 0 Å². The van der Waals surface area contributed by atoms with Gasteiger partial charge < -0.3 is 16.2 Å². The van der Waals surface area contributed by atoms with E-state index in [1.54, 1.807) is 18.2 Å². The van der Waals surface area contributed by atoms with Gasteiger partial charge in [-0.2, -0.15) is 0 Å². The summed E-state index contributed by atoms with van der Waals surface area (Å²) in [6.45, 7) is 0. The highest BCUT2D eigenvalue weighted by molar-refractivity contribution is 7.22. The lowest BCUT2D eigenvalue weighted by Crippen LogP contribution is -2.05. The van der Waals surface area contributed by atoms with Crippen molar-refractivity contribution in [2.75, 3.05) is 11.1 Å². The summed E-state index contributed by atoms with van der Waals surface area (Å²) in [6.07, 6.45) is 0. The van der Waals surface area contributed by atoms with Crippen LogP contribution < -0.4 is 11.1 Å². The predicted octanol–water partition coefficient (Wildman–Crippen LogP) is 3.97. The number of benzene rings is 2. The van der Waals surface area contributed by atoms with Gasteiger partial charge in [-0.3, -0.25) is 0 Å². The lowest BCUT2D eigenvalue weighted by molar-refractivity contribution is 0.0698. The molecule has 0 unspecified atom stereocenters. The van der Waals surface area contributed by atoms with Gasteiger partial charge in [0, 0.05) is 5.02 Å². The molecule has 21 heavy (non-hydrogen) atoms. The first-order valence-electron chi connectivity index (χ1n) is 5.99. The molecule has 0 saturated heterocycles. The van der Waals surface area contributed by atoms with E-state index in [1.807, 2.05) is 12.1 Å². The maximum absolute atomic E-state index is 11.3. The van der Waals surface area contributed by atoms with Crippen molar-refractivity contribution in [1.82, 2.24) is 4.98 Å². The topological polar surface area (TPSA) is 88.2 Å². The normalized spacial score (nSPS) is 10.7. The molecule has 3 aromatic rings. The Morgan fingerprint density at radius 2 is 2.14 bits per heavy atom. The van der Waals surface area contributed by atoms with Crippen LogP contribution in [0.2, 0.25) is 5.02 Å². The number of carboxylic acids is 1. The quantitative estimate of drug-likeness (QED) is 0.636. The van der Waals surface area contributed by atoms with E-state index in [9.17, 15) is 9.90 Å². The van der Waals surface area contributed by atoms with Crippen LogP contribution in [0, 0.1) is 0 Å². The van der Waals surface area contributed by atoms with E-state index in [0.717, 1.165) is 10.2 Å². The first-order chi connectivity index (χ1) is 10.0. The van der Waals surface area contributed by atoms with Crippen LogP contribution in [0.15, 0.2) is 36.4 Å². The Bertz CT molecular complexity index is 847. The van der Waals surface area contributed by atoms with Crippen molar-refractivity contribution in [1.29, 1.82) is 0 Å². The van der Waals surface area contributed by atoms with Gasteiger partial charge in [-0.1, -0.05) is 29.0 Å². The summed E-state index contributed by atoms with van der Waals surface area (Å²) in [4.78, 5) is 15.6. The van der Waals surface area contributed by atoms with Gasteiger partial charge in [0.15, 0.2) is 5.13 Å². The molecule has 1 aromatic heterocycles. The van der Waals surface area contributed by atoms with E-state index in [2.05, 4.69) is 10.3 Å². The zero-order chi connectivity index (χ0) is 15.0. The van der Waals surface area contributed by atoms with Crippen LogP contribution >= 0.6 is 22.9 Å². The van der Waals surface area contributed by atoms with Gasteiger partial charge in [0.1, 0.15) is 0 Å². The monoisotopic (exact) mass is 319 g/mol. The summed E-state index contributed by atoms with van der Waals surface area (Å²) >= 11 is 7.32. The fraction of sp³-hybridized carbons (Fsp3) is 0. The van der Waals surface area contributed by atoms with Gasteiger partial charge in [-0.05, 0) is 30.3 Å². The molecule has 0 fully saturated rings. The number of rotatable bonds is 3. The van der Waals surface area contributed by atoms with Crippen LogP contribution in [0.5, 0.6) is 0 Å². The molecular weight excluding hydrogens is 310 g/mol. The number of nitrogen functional groups attached to an aromatic ring is 1. The number of nitrogens with zero attached hydrogens (tertiary/aromatic N) is 1. The van der Waals surface area contributed by atoms with E-state index >= 15 is 0 Å². The number of aromatic nitrogens is 1. The molecule has 0 radical (unpaired) electrons. The predicted molar refractivity (Wildman–Crippen MR) is 85.7 cm³/mol. The standard InChI is InChI=1S/C14H10ClN3O2S/c15-7-4-5-10-11(6-7)21-14(17-10)18-12-8(13(19)20)2-1-3-9(12)16/h1-6H,16H2,(H,17,18)(H,19,20). The first kappa shape index (κ1) is 13.7. The molecule has 5 nitrogen and oxygen atoms in total. The van der Waals surface area contributed by atoms with Crippen molar-refractivity contribution >= 4 is 55.6 Å². The van der Waals surface area contributed by atoms with Crippen molar-refractivity contribution in [3.63, 3.8) is 0 Å². The van der Waals surface area contributed by atoms with Crippen LogP contribution in [0.3, 0.4) is 0 Å². The Balaban J connectivity index is 2.04. The van der Waals surface area contributed by atoms with Crippen LogP contribution in [0.1, 0.15) is 10.4 Å². The average molecular weight is 320 g/mol. The molecule has 4 N–H and O–H groups in total. The zero-order valence-corrected chi connectivity index (χ0v) is 12.2. The molecule has 7 heteroatoms. The number of halogens is 1. The second-order valence-electron chi connectivity index (χ2n) is 4.33.